The number of nitrogens with zero attached hydrogens (tertiary/aromatic N) is 4. The van der Waals surface area contributed by atoms with E-state index in [1.54, 1.807) is 12.1 Å². The molecule has 4 rings (SSSR count). The van der Waals surface area contributed by atoms with E-state index in [9.17, 15) is 4.79 Å². The van der Waals surface area contributed by atoms with Crippen molar-refractivity contribution in [1.29, 1.82) is 0 Å². The zero-order valence-electron chi connectivity index (χ0n) is 16.7. The molecule has 0 N–H and O–H groups in total. The van der Waals surface area contributed by atoms with Gasteiger partial charge in [-0.15, -0.1) is 10.2 Å². The molecule has 0 saturated heterocycles. The van der Waals surface area contributed by atoms with Crippen LogP contribution in [0.5, 0.6) is 5.75 Å². The van der Waals surface area contributed by atoms with Crippen LogP contribution in [0.1, 0.15) is 21.5 Å². The summed E-state index contributed by atoms with van der Waals surface area (Å²) in [4.78, 5) is 13.0. The van der Waals surface area contributed by atoms with Crippen LogP contribution in [0.4, 0.5) is 0 Å². The van der Waals surface area contributed by atoms with Crippen molar-refractivity contribution in [2.45, 2.75) is 13.2 Å². The molecule has 0 atom stereocenters. The smallest absolute Gasteiger partial charge is 0.337 e. The van der Waals surface area contributed by atoms with E-state index in [4.69, 9.17) is 21.1 Å². The fraction of sp³-hybridized carbons (Fsp3) is 0.130. The lowest BCUT2D eigenvalue weighted by Crippen LogP contribution is -2.04. The molecule has 0 saturated carbocycles. The predicted molar refractivity (Wildman–Crippen MR) is 116 cm³/mol. The Hall–Kier alpha value is -3.71. The molecule has 8 heteroatoms. The first-order valence-corrected chi connectivity index (χ1v) is 9.92. The normalized spacial score (nSPS) is 10.6. The Morgan fingerprint density at radius 2 is 1.74 bits per heavy atom. The van der Waals surface area contributed by atoms with Crippen molar-refractivity contribution < 1.29 is 14.3 Å². The van der Waals surface area contributed by atoms with Crippen molar-refractivity contribution in [3.8, 4) is 17.1 Å². The molecule has 156 valence electrons. The van der Waals surface area contributed by atoms with Crippen LogP contribution in [0.2, 0.25) is 5.02 Å². The van der Waals surface area contributed by atoms with Gasteiger partial charge in [0.05, 0.1) is 19.2 Å². The van der Waals surface area contributed by atoms with Crippen molar-refractivity contribution in [3.05, 3.63) is 94.5 Å². The topological polar surface area (TPSA) is 79.1 Å². The lowest BCUT2D eigenvalue weighted by Gasteiger charge is -2.07. The number of hydrogen-bond acceptors (Lipinski definition) is 6. The first-order chi connectivity index (χ1) is 15.1. The number of hydrogen-bond donors (Lipinski definition) is 0. The summed E-state index contributed by atoms with van der Waals surface area (Å²) in [5.74, 6) is 0.877. The molecule has 0 aliphatic carbocycles. The Kier molecular flexibility index (Phi) is 6.24. The van der Waals surface area contributed by atoms with Gasteiger partial charge in [0.1, 0.15) is 12.4 Å². The second kappa shape index (κ2) is 9.40. The van der Waals surface area contributed by atoms with Gasteiger partial charge in [-0.05, 0) is 58.8 Å². The van der Waals surface area contributed by atoms with Gasteiger partial charge >= 0.3 is 5.97 Å². The van der Waals surface area contributed by atoms with Crippen molar-refractivity contribution >= 4 is 17.6 Å². The van der Waals surface area contributed by atoms with Crippen LogP contribution in [-0.4, -0.2) is 33.3 Å². The summed E-state index contributed by atoms with van der Waals surface area (Å²) in [5.41, 5.74) is 3.21. The lowest BCUT2D eigenvalue weighted by atomic mass is 10.1. The van der Waals surface area contributed by atoms with Gasteiger partial charge in [-0.25, -0.2) is 4.79 Å². The number of halogens is 1. The Labute approximate surface area is 184 Å². The highest BCUT2D eigenvalue weighted by atomic mass is 35.5. The van der Waals surface area contributed by atoms with Gasteiger partial charge in [-0.2, -0.15) is 4.80 Å². The molecule has 0 aliphatic heterocycles. The fourth-order valence-corrected chi connectivity index (χ4v) is 3.12. The summed E-state index contributed by atoms with van der Waals surface area (Å²) >= 11 is 6.19. The van der Waals surface area contributed by atoms with E-state index in [0.717, 1.165) is 16.7 Å². The predicted octanol–water partition coefficient (Wildman–Crippen LogP) is 4.41. The maximum atomic E-state index is 11.5. The summed E-state index contributed by atoms with van der Waals surface area (Å²) in [6.07, 6.45) is 0. The molecule has 0 bridgehead atoms. The SMILES string of the molecule is COC(=O)c1ccc(COc2ccc(-c3nnn(Cc4ccccc4Cl)n3)cc2)cc1. The molecule has 0 aliphatic rings. The van der Waals surface area contributed by atoms with Crippen LogP contribution in [0.25, 0.3) is 11.4 Å². The van der Waals surface area contributed by atoms with Crippen LogP contribution in [0, 0.1) is 0 Å². The van der Waals surface area contributed by atoms with Crippen molar-refractivity contribution in [1.82, 2.24) is 20.2 Å². The molecule has 1 heterocycles. The number of ether oxygens (including phenoxy) is 2. The maximum absolute atomic E-state index is 11.5. The van der Waals surface area contributed by atoms with E-state index in [2.05, 4.69) is 15.4 Å². The molecule has 0 radical (unpaired) electrons. The number of carbonyl (C=O) groups is 1. The molecular weight excluding hydrogens is 416 g/mol. The molecule has 0 fully saturated rings. The number of methoxy groups -OCH3 is 1. The second-order valence-corrected chi connectivity index (χ2v) is 7.14. The average molecular weight is 435 g/mol. The highest BCUT2D eigenvalue weighted by Gasteiger charge is 2.09. The van der Waals surface area contributed by atoms with E-state index < -0.39 is 0 Å². The quantitative estimate of drug-likeness (QED) is 0.401. The Bertz CT molecular complexity index is 1170. The van der Waals surface area contributed by atoms with E-state index in [-0.39, 0.29) is 5.97 Å². The van der Waals surface area contributed by atoms with Gasteiger partial charge in [0.15, 0.2) is 0 Å². The van der Waals surface area contributed by atoms with Gasteiger partial charge in [0.2, 0.25) is 5.82 Å². The van der Waals surface area contributed by atoms with Crippen LogP contribution in [0.15, 0.2) is 72.8 Å². The number of tetrazole rings is 1. The highest BCUT2D eigenvalue weighted by Crippen LogP contribution is 2.21. The van der Waals surface area contributed by atoms with E-state index in [1.165, 1.54) is 11.9 Å². The number of benzene rings is 3. The molecule has 3 aromatic carbocycles. The molecule has 0 amide bonds. The molecule has 0 spiro atoms. The van der Waals surface area contributed by atoms with E-state index in [1.807, 2.05) is 60.7 Å². The van der Waals surface area contributed by atoms with E-state index in [0.29, 0.717) is 35.3 Å². The minimum atomic E-state index is -0.361. The molecular formula is C23H19ClN4O3. The first kappa shape index (κ1) is 20.6. The molecule has 1 aromatic heterocycles. The van der Waals surface area contributed by atoms with Crippen LogP contribution in [0.3, 0.4) is 0 Å². The van der Waals surface area contributed by atoms with Crippen molar-refractivity contribution in [3.63, 3.8) is 0 Å². The number of esters is 1. The Morgan fingerprint density at radius 1 is 1.00 bits per heavy atom. The number of carbonyl (C=O) groups excluding carboxylic acids is 1. The number of aromatic nitrogens is 4. The van der Waals surface area contributed by atoms with Gasteiger partial charge in [-0.1, -0.05) is 41.9 Å². The number of rotatable bonds is 7. The zero-order chi connectivity index (χ0) is 21.6. The van der Waals surface area contributed by atoms with E-state index >= 15 is 0 Å². The fourth-order valence-electron chi connectivity index (χ4n) is 2.93. The monoisotopic (exact) mass is 434 g/mol. The third kappa shape index (κ3) is 5.07. The molecule has 4 aromatic rings. The average Bonchev–Trinajstić information content (AvgIpc) is 3.28. The lowest BCUT2D eigenvalue weighted by molar-refractivity contribution is 0.0600. The highest BCUT2D eigenvalue weighted by molar-refractivity contribution is 6.31. The van der Waals surface area contributed by atoms with Crippen LogP contribution < -0.4 is 4.74 Å². The minimum absolute atomic E-state index is 0.361. The summed E-state index contributed by atoms with van der Waals surface area (Å²) in [7, 11) is 1.36. The standard InChI is InChI=1S/C23H19ClN4O3/c1-30-23(29)18-8-6-16(7-9-18)15-31-20-12-10-17(11-13-20)22-25-27-28(26-22)14-19-4-2-3-5-21(19)24/h2-13H,14-15H2,1H3. The minimum Gasteiger partial charge on any atom is -0.489 e. The van der Waals surface area contributed by atoms with Crippen molar-refractivity contribution in [2.24, 2.45) is 0 Å². The summed E-state index contributed by atoms with van der Waals surface area (Å²) in [6, 6.07) is 22.1. The van der Waals surface area contributed by atoms with Crippen LogP contribution >= 0.6 is 11.6 Å². The van der Waals surface area contributed by atoms with Gasteiger partial charge in [0.25, 0.3) is 0 Å². The van der Waals surface area contributed by atoms with Crippen LogP contribution in [-0.2, 0) is 17.9 Å². The second-order valence-electron chi connectivity index (χ2n) is 6.74. The van der Waals surface area contributed by atoms with Gasteiger partial charge < -0.3 is 9.47 Å². The van der Waals surface area contributed by atoms with Gasteiger partial charge in [-0.3, -0.25) is 0 Å². The summed E-state index contributed by atoms with van der Waals surface area (Å²) < 4.78 is 10.5. The third-order valence-corrected chi connectivity index (χ3v) is 4.98. The third-order valence-electron chi connectivity index (χ3n) is 4.62. The molecule has 7 nitrogen and oxygen atoms in total. The summed E-state index contributed by atoms with van der Waals surface area (Å²) in [6.45, 7) is 0.829. The Balaban J connectivity index is 1.37. The maximum Gasteiger partial charge on any atom is 0.337 e. The molecule has 0 unspecified atom stereocenters. The summed E-state index contributed by atoms with van der Waals surface area (Å²) in [5, 5.41) is 13.3. The van der Waals surface area contributed by atoms with Gasteiger partial charge in [0, 0.05) is 10.6 Å². The Morgan fingerprint density at radius 3 is 2.45 bits per heavy atom. The largest absolute Gasteiger partial charge is 0.489 e. The molecule has 31 heavy (non-hydrogen) atoms. The first-order valence-electron chi connectivity index (χ1n) is 9.54. The zero-order valence-corrected chi connectivity index (χ0v) is 17.5. The van der Waals surface area contributed by atoms with Crippen molar-refractivity contribution in [2.75, 3.05) is 7.11 Å².